The van der Waals surface area contributed by atoms with Crippen molar-refractivity contribution in [2.45, 2.75) is 55.4 Å². The first-order valence-corrected chi connectivity index (χ1v) is 10.1. The van der Waals surface area contributed by atoms with E-state index < -0.39 is 0 Å². The molecule has 2 unspecified atom stereocenters. The number of nitrogens with one attached hydrogen (secondary N) is 2. The summed E-state index contributed by atoms with van der Waals surface area (Å²) in [6.45, 7) is 2.62. The van der Waals surface area contributed by atoms with E-state index in [9.17, 15) is 0 Å². The summed E-state index contributed by atoms with van der Waals surface area (Å²) in [5, 5.41) is 8.01. The van der Waals surface area contributed by atoms with Gasteiger partial charge >= 0.3 is 0 Å². The highest BCUT2D eigenvalue weighted by atomic mass is 127. The summed E-state index contributed by atoms with van der Waals surface area (Å²) in [4.78, 5) is 6.79. The van der Waals surface area contributed by atoms with E-state index in [-0.39, 0.29) is 29.5 Å². The predicted octanol–water partition coefficient (Wildman–Crippen LogP) is 2.55. The number of halogens is 1. The number of guanidine groups is 1. The SMILES string of the molecule is CN=C(NCC1(N(C)C)CCOCC1)NC1CCCC(SC)C1.I. The van der Waals surface area contributed by atoms with Gasteiger partial charge in [0.1, 0.15) is 0 Å². The van der Waals surface area contributed by atoms with E-state index in [0.29, 0.717) is 6.04 Å². The maximum Gasteiger partial charge on any atom is 0.191 e. The lowest BCUT2D eigenvalue weighted by atomic mass is 9.88. The van der Waals surface area contributed by atoms with Crippen LogP contribution in [0.4, 0.5) is 0 Å². The Morgan fingerprint density at radius 2 is 2.00 bits per heavy atom. The minimum atomic E-state index is 0. The Balaban J connectivity index is 0.00000288. The van der Waals surface area contributed by atoms with E-state index in [2.05, 4.69) is 40.9 Å². The summed E-state index contributed by atoms with van der Waals surface area (Å²) in [7, 11) is 6.22. The topological polar surface area (TPSA) is 48.9 Å². The van der Waals surface area contributed by atoms with Crippen molar-refractivity contribution in [3.8, 4) is 0 Å². The second-order valence-corrected chi connectivity index (χ2v) is 8.16. The van der Waals surface area contributed by atoms with Crippen molar-refractivity contribution >= 4 is 41.7 Å². The van der Waals surface area contributed by atoms with Crippen LogP contribution in [-0.2, 0) is 4.74 Å². The molecule has 1 saturated carbocycles. The number of nitrogens with zero attached hydrogens (tertiary/aromatic N) is 2. The lowest BCUT2D eigenvalue weighted by molar-refractivity contribution is -0.00503. The van der Waals surface area contributed by atoms with Gasteiger partial charge < -0.3 is 20.3 Å². The highest BCUT2D eigenvalue weighted by Gasteiger charge is 2.35. The fraction of sp³-hybridized carbons (Fsp3) is 0.941. The molecule has 2 rings (SSSR count). The summed E-state index contributed by atoms with van der Waals surface area (Å²) in [5.41, 5.74) is 0.171. The number of aliphatic imine (C=N–C) groups is 1. The van der Waals surface area contributed by atoms with E-state index >= 15 is 0 Å². The first kappa shape index (κ1) is 22.3. The summed E-state index contributed by atoms with van der Waals surface area (Å²) in [6.07, 6.45) is 9.54. The Hall–Kier alpha value is 0.270. The van der Waals surface area contributed by atoms with Crippen LogP contribution in [0, 0.1) is 0 Å². The molecule has 0 radical (unpaired) electrons. The summed E-state index contributed by atoms with van der Waals surface area (Å²) >= 11 is 2.00. The van der Waals surface area contributed by atoms with E-state index in [1.165, 1.54) is 25.7 Å². The van der Waals surface area contributed by atoms with Crippen LogP contribution in [0.1, 0.15) is 38.5 Å². The second-order valence-electron chi connectivity index (χ2n) is 7.02. The number of hydrogen-bond acceptors (Lipinski definition) is 4. The largest absolute Gasteiger partial charge is 0.381 e. The lowest BCUT2D eigenvalue weighted by Gasteiger charge is -2.43. The molecule has 24 heavy (non-hydrogen) atoms. The van der Waals surface area contributed by atoms with Crippen molar-refractivity contribution in [3.05, 3.63) is 0 Å². The van der Waals surface area contributed by atoms with E-state index in [1.807, 2.05) is 18.8 Å². The molecule has 0 amide bonds. The maximum absolute atomic E-state index is 5.55. The van der Waals surface area contributed by atoms with Gasteiger partial charge in [-0.2, -0.15) is 11.8 Å². The molecule has 2 N–H and O–H groups in total. The van der Waals surface area contributed by atoms with Crippen LogP contribution in [-0.4, -0.2) is 74.8 Å². The van der Waals surface area contributed by atoms with Crippen LogP contribution in [0.3, 0.4) is 0 Å². The molecule has 2 aliphatic rings. The zero-order chi connectivity index (χ0) is 16.7. The van der Waals surface area contributed by atoms with Gasteiger partial charge in [-0.05, 0) is 52.5 Å². The summed E-state index contributed by atoms with van der Waals surface area (Å²) in [5.74, 6) is 0.949. The highest BCUT2D eigenvalue weighted by Crippen LogP contribution is 2.27. The van der Waals surface area contributed by atoms with Gasteiger partial charge in [-0.3, -0.25) is 4.99 Å². The number of thioether (sulfide) groups is 1. The minimum absolute atomic E-state index is 0. The van der Waals surface area contributed by atoms with Crippen LogP contribution < -0.4 is 10.6 Å². The number of likely N-dealkylation sites (N-methyl/N-ethyl adjacent to an activating group) is 1. The van der Waals surface area contributed by atoms with Gasteiger partial charge in [0.2, 0.25) is 0 Å². The third-order valence-corrected chi connectivity index (χ3v) is 6.58. The van der Waals surface area contributed by atoms with Gasteiger partial charge in [0.15, 0.2) is 5.96 Å². The van der Waals surface area contributed by atoms with Crippen molar-refractivity contribution in [2.24, 2.45) is 4.99 Å². The normalized spacial score (nSPS) is 27.5. The molecule has 5 nitrogen and oxygen atoms in total. The Morgan fingerprint density at radius 1 is 1.29 bits per heavy atom. The zero-order valence-corrected chi connectivity index (χ0v) is 18.8. The van der Waals surface area contributed by atoms with Crippen molar-refractivity contribution in [2.75, 3.05) is 47.2 Å². The molecule has 0 bridgehead atoms. The Morgan fingerprint density at radius 3 is 2.58 bits per heavy atom. The Bertz CT molecular complexity index is 389. The molecule has 1 saturated heterocycles. The van der Waals surface area contributed by atoms with Crippen LogP contribution in [0.5, 0.6) is 0 Å². The van der Waals surface area contributed by atoms with E-state index in [0.717, 1.165) is 43.8 Å². The first-order chi connectivity index (χ1) is 11.1. The fourth-order valence-electron chi connectivity index (χ4n) is 3.66. The van der Waals surface area contributed by atoms with Crippen LogP contribution in [0.25, 0.3) is 0 Å². The van der Waals surface area contributed by atoms with Crippen molar-refractivity contribution in [1.82, 2.24) is 15.5 Å². The molecular weight excluding hydrogens is 435 g/mol. The molecule has 2 fully saturated rings. The molecule has 142 valence electrons. The standard InChI is InChI=1S/C17H34N4OS.HI/c1-18-16(20-14-6-5-7-15(12-14)23-4)19-13-17(21(2)3)8-10-22-11-9-17;/h14-15H,5-13H2,1-4H3,(H2,18,19,20);1H. The molecule has 0 aromatic carbocycles. The van der Waals surface area contributed by atoms with Crippen LogP contribution >= 0.6 is 35.7 Å². The third kappa shape index (κ3) is 6.21. The molecule has 7 heteroatoms. The average Bonchev–Trinajstić information content (AvgIpc) is 2.59. The average molecular weight is 470 g/mol. The molecule has 1 aliphatic carbocycles. The smallest absolute Gasteiger partial charge is 0.191 e. The van der Waals surface area contributed by atoms with Gasteiger partial charge in [-0.25, -0.2) is 0 Å². The van der Waals surface area contributed by atoms with Crippen molar-refractivity contribution in [3.63, 3.8) is 0 Å². The monoisotopic (exact) mass is 470 g/mol. The number of rotatable bonds is 5. The molecule has 1 heterocycles. The minimum Gasteiger partial charge on any atom is -0.381 e. The molecule has 0 aromatic heterocycles. The van der Waals surface area contributed by atoms with Crippen LogP contribution in [0.2, 0.25) is 0 Å². The highest BCUT2D eigenvalue weighted by molar-refractivity contribution is 14.0. The van der Waals surface area contributed by atoms with Crippen molar-refractivity contribution in [1.29, 1.82) is 0 Å². The van der Waals surface area contributed by atoms with Gasteiger partial charge in [-0.15, -0.1) is 24.0 Å². The molecule has 1 aliphatic heterocycles. The van der Waals surface area contributed by atoms with Gasteiger partial charge in [0, 0.05) is 43.6 Å². The Labute approximate surface area is 169 Å². The molecule has 2 atom stereocenters. The lowest BCUT2D eigenvalue weighted by Crippen LogP contribution is -2.57. The molecule has 0 aromatic rings. The number of ether oxygens (including phenoxy) is 1. The quantitative estimate of drug-likeness (QED) is 0.368. The predicted molar refractivity (Wildman–Crippen MR) is 116 cm³/mol. The van der Waals surface area contributed by atoms with Gasteiger partial charge in [0.05, 0.1) is 0 Å². The molecular formula is C17H35IN4OS. The number of hydrogen-bond donors (Lipinski definition) is 2. The summed E-state index contributed by atoms with van der Waals surface area (Å²) in [6, 6.07) is 0.553. The second kappa shape index (κ2) is 11.1. The summed E-state index contributed by atoms with van der Waals surface area (Å²) < 4.78 is 5.55. The molecule has 0 spiro atoms. The fourth-order valence-corrected chi connectivity index (χ4v) is 4.49. The van der Waals surface area contributed by atoms with Gasteiger partial charge in [0.25, 0.3) is 0 Å². The Kier molecular flexibility index (Phi) is 10.3. The van der Waals surface area contributed by atoms with Crippen molar-refractivity contribution < 1.29 is 4.74 Å². The van der Waals surface area contributed by atoms with E-state index in [1.54, 1.807) is 0 Å². The van der Waals surface area contributed by atoms with Crippen LogP contribution in [0.15, 0.2) is 4.99 Å². The maximum atomic E-state index is 5.55. The third-order valence-electron chi connectivity index (χ3n) is 5.48. The first-order valence-electron chi connectivity index (χ1n) is 8.85. The zero-order valence-electron chi connectivity index (χ0n) is 15.6. The van der Waals surface area contributed by atoms with Gasteiger partial charge in [-0.1, -0.05) is 6.42 Å². The van der Waals surface area contributed by atoms with E-state index in [4.69, 9.17) is 4.74 Å².